The monoisotopic (exact) mass is 321 g/mol. The Morgan fingerprint density at radius 1 is 1.14 bits per heavy atom. The van der Waals surface area contributed by atoms with Crippen LogP contribution in [0, 0.1) is 5.92 Å². The molecule has 4 nitrogen and oxygen atoms in total. The summed E-state index contributed by atoms with van der Waals surface area (Å²) in [6.45, 7) is 0.205. The molecule has 1 aromatic rings. The topological polar surface area (TPSA) is 63.2 Å². The fraction of sp³-hybridized carbons (Fsp3) is 0.471. The van der Waals surface area contributed by atoms with Crippen LogP contribution in [0.4, 0.5) is 0 Å². The Labute approximate surface area is 132 Å². The van der Waals surface area contributed by atoms with E-state index < -0.39 is 9.84 Å². The first-order valence-electron chi connectivity index (χ1n) is 7.74. The molecule has 0 saturated carbocycles. The number of aryl methyl sites for hydroxylation is 1. The van der Waals surface area contributed by atoms with Crippen molar-refractivity contribution in [2.45, 2.75) is 25.7 Å². The average Bonchev–Trinajstić information content (AvgIpc) is 2.55. The van der Waals surface area contributed by atoms with Crippen LogP contribution in [0.25, 0.3) is 0 Å². The number of sulfone groups is 1. The van der Waals surface area contributed by atoms with Gasteiger partial charge in [0, 0.05) is 12.5 Å². The molecule has 1 aliphatic carbocycles. The largest absolute Gasteiger partial charge is 0.355 e. The first-order chi connectivity index (χ1) is 10.6. The molecule has 2 rings (SSSR count). The molecule has 0 spiro atoms. The van der Waals surface area contributed by atoms with Crippen LogP contribution in [0.3, 0.4) is 0 Å². The van der Waals surface area contributed by atoms with Gasteiger partial charge in [-0.15, -0.1) is 0 Å². The molecule has 0 radical (unpaired) electrons. The van der Waals surface area contributed by atoms with Gasteiger partial charge in [-0.3, -0.25) is 4.79 Å². The highest BCUT2D eigenvalue weighted by Gasteiger charge is 2.19. The van der Waals surface area contributed by atoms with E-state index in [-0.39, 0.29) is 29.9 Å². The number of carbonyl (C=O) groups excluding carboxylic acids is 1. The maximum Gasteiger partial charge on any atom is 0.223 e. The molecule has 1 atom stereocenters. The predicted octanol–water partition coefficient (Wildman–Crippen LogP) is 2.12. The normalized spacial score (nSPS) is 18.1. The van der Waals surface area contributed by atoms with Crippen LogP contribution in [0.2, 0.25) is 0 Å². The second-order valence-electron chi connectivity index (χ2n) is 5.66. The van der Waals surface area contributed by atoms with Crippen molar-refractivity contribution in [1.29, 1.82) is 0 Å². The van der Waals surface area contributed by atoms with Gasteiger partial charge in [0.1, 0.15) is 0 Å². The molecule has 0 bridgehead atoms. The summed E-state index contributed by atoms with van der Waals surface area (Å²) in [4.78, 5) is 11.9. The average molecular weight is 321 g/mol. The van der Waals surface area contributed by atoms with Gasteiger partial charge in [-0.1, -0.05) is 42.5 Å². The zero-order valence-electron chi connectivity index (χ0n) is 12.7. The number of hydrogen-bond donors (Lipinski definition) is 1. The highest BCUT2D eigenvalue weighted by molar-refractivity contribution is 7.91. The lowest BCUT2D eigenvalue weighted by molar-refractivity contribution is -0.125. The number of carbonyl (C=O) groups is 1. The summed E-state index contributed by atoms with van der Waals surface area (Å²) in [6, 6.07) is 9.57. The molecule has 0 fully saturated rings. The van der Waals surface area contributed by atoms with Crippen molar-refractivity contribution < 1.29 is 13.2 Å². The van der Waals surface area contributed by atoms with Gasteiger partial charge in [-0.05, 0) is 31.2 Å². The van der Waals surface area contributed by atoms with Gasteiger partial charge >= 0.3 is 0 Å². The summed E-state index contributed by atoms with van der Waals surface area (Å²) in [5.74, 6) is 0.104. The number of amides is 1. The van der Waals surface area contributed by atoms with Crippen LogP contribution in [0.15, 0.2) is 42.5 Å². The Morgan fingerprint density at radius 2 is 1.91 bits per heavy atom. The SMILES string of the molecule is O=C(NCCS(=O)(=O)CCc1ccccc1)[C@H]1CC=CCC1. The van der Waals surface area contributed by atoms with E-state index in [9.17, 15) is 13.2 Å². The van der Waals surface area contributed by atoms with Crippen LogP contribution < -0.4 is 5.32 Å². The van der Waals surface area contributed by atoms with Gasteiger partial charge in [0.05, 0.1) is 11.5 Å². The van der Waals surface area contributed by atoms with E-state index in [1.807, 2.05) is 36.4 Å². The van der Waals surface area contributed by atoms with Crippen LogP contribution in [0.1, 0.15) is 24.8 Å². The summed E-state index contributed by atoms with van der Waals surface area (Å²) < 4.78 is 24.0. The molecule has 0 aromatic heterocycles. The summed E-state index contributed by atoms with van der Waals surface area (Å²) in [6.07, 6.45) is 7.15. The van der Waals surface area contributed by atoms with Crippen LogP contribution in [-0.2, 0) is 21.1 Å². The molecule has 0 unspecified atom stereocenters. The molecule has 0 saturated heterocycles. The van der Waals surface area contributed by atoms with Crippen molar-refractivity contribution >= 4 is 15.7 Å². The van der Waals surface area contributed by atoms with Gasteiger partial charge in [-0.2, -0.15) is 0 Å². The lowest BCUT2D eigenvalue weighted by Gasteiger charge is -2.17. The van der Waals surface area contributed by atoms with Crippen LogP contribution >= 0.6 is 0 Å². The van der Waals surface area contributed by atoms with Crippen molar-refractivity contribution in [3.8, 4) is 0 Å². The molecule has 5 heteroatoms. The van der Waals surface area contributed by atoms with Crippen molar-refractivity contribution in [3.05, 3.63) is 48.0 Å². The first-order valence-corrected chi connectivity index (χ1v) is 9.56. The second-order valence-corrected chi connectivity index (χ2v) is 7.96. The molecule has 1 aliphatic rings. The van der Waals surface area contributed by atoms with E-state index in [1.54, 1.807) is 0 Å². The lowest BCUT2D eigenvalue weighted by atomic mass is 9.94. The summed E-state index contributed by atoms with van der Waals surface area (Å²) in [7, 11) is -3.13. The first kappa shape index (κ1) is 16.7. The van der Waals surface area contributed by atoms with Gasteiger partial charge in [0.25, 0.3) is 0 Å². The number of rotatable bonds is 7. The van der Waals surface area contributed by atoms with Crippen LogP contribution in [-0.4, -0.2) is 32.4 Å². The predicted molar refractivity (Wildman–Crippen MR) is 88.3 cm³/mol. The van der Waals surface area contributed by atoms with Gasteiger partial charge in [0.15, 0.2) is 9.84 Å². The van der Waals surface area contributed by atoms with E-state index in [1.165, 1.54) is 0 Å². The molecule has 120 valence electrons. The quantitative estimate of drug-likeness (QED) is 0.782. The Hall–Kier alpha value is -1.62. The minimum atomic E-state index is -3.13. The third-order valence-electron chi connectivity index (χ3n) is 3.90. The van der Waals surface area contributed by atoms with Crippen molar-refractivity contribution in [3.63, 3.8) is 0 Å². The minimum Gasteiger partial charge on any atom is -0.355 e. The summed E-state index contributed by atoms with van der Waals surface area (Å²) in [5, 5.41) is 2.75. The van der Waals surface area contributed by atoms with Gasteiger partial charge in [-0.25, -0.2) is 8.42 Å². The molecule has 0 heterocycles. The fourth-order valence-electron chi connectivity index (χ4n) is 2.53. The number of nitrogens with one attached hydrogen (secondary N) is 1. The smallest absolute Gasteiger partial charge is 0.223 e. The molecule has 1 amide bonds. The Balaban J connectivity index is 1.70. The van der Waals surface area contributed by atoms with Crippen molar-refractivity contribution in [2.75, 3.05) is 18.1 Å². The highest BCUT2D eigenvalue weighted by Crippen LogP contribution is 2.17. The standard InChI is InChI=1S/C17H23NO3S/c19-17(16-9-5-2-6-10-16)18-12-14-22(20,21)13-11-15-7-3-1-4-8-15/h1-5,7-8,16H,6,9-14H2,(H,18,19)/t16-/m0/s1. The van der Waals surface area contributed by atoms with Crippen molar-refractivity contribution in [2.24, 2.45) is 5.92 Å². The third-order valence-corrected chi connectivity index (χ3v) is 5.55. The Morgan fingerprint density at radius 3 is 2.59 bits per heavy atom. The maximum absolute atomic E-state index is 12.0. The molecule has 22 heavy (non-hydrogen) atoms. The number of hydrogen-bond acceptors (Lipinski definition) is 3. The van der Waals surface area contributed by atoms with E-state index in [4.69, 9.17) is 0 Å². The lowest BCUT2D eigenvalue weighted by Crippen LogP contribution is -2.35. The zero-order chi connectivity index (χ0) is 15.8. The summed E-state index contributed by atoms with van der Waals surface area (Å²) in [5.41, 5.74) is 1.02. The van der Waals surface area contributed by atoms with Gasteiger partial charge in [0.2, 0.25) is 5.91 Å². The zero-order valence-corrected chi connectivity index (χ0v) is 13.5. The summed E-state index contributed by atoms with van der Waals surface area (Å²) >= 11 is 0. The molecule has 0 aliphatic heterocycles. The fourth-order valence-corrected chi connectivity index (χ4v) is 3.69. The number of allylic oxidation sites excluding steroid dienone is 2. The molecule has 1 N–H and O–H groups in total. The maximum atomic E-state index is 12.0. The van der Waals surface area contributed by atoms with E-state index in [0.717, 1.165) is 24.8 Å². The second kappa shape index (κ2) is 8.13. The number of benzene rings is 1. The highest BCUT2D eigenvalue weighted by atomic mass is 32.2. The molecule has 1 aromatic carbocycles. The minimum absolute atomic E-state index is 0.00276. The Kier molecular flexibility index (Phi) is 6.19. The van der Waals surface area contributed by atoms with Crippen LogP contribution in [0.5, 0.6) is 0 Å². The van der Waals surface area contributed by atoms with E-state index in [2.05, 4.69) is 11.4 Å². The van der Waals surface area contributed by atoms with E-state index in [0.29, 0.717) is 6.42 Å². The van der Waals surface area contributed by atoms with Crippen molar-refractivity contribution in [1.82, 2.24) is 5.32 Å². The molecular weight excluding hydrogens is 298 g/mol. The Bertz CT molecular complexity index is 608. The van der Waals surface area contributed by atoms with Gasteiger partial charge < -0.3 is 5.32 Å². The molecular formula is C17H23NO3S. The van der Waals surface area contributed by atoms with E-state index >= 15 is 0 Å². The third kappa shape index (κ3) is 5.64.